The van der Waals surface area contributed by atoms with Gasteiger partial charge in [0.25, 0.3) is 0 Å². The van der Waals surface area contributed by atoms with Gasteiger partial charge in [-0.1, -0.05) is 24.2 Å². The SMILES string of the molecule is CC[C@H](NC(=O)CCc1nc(-c2ccc(OC)cc2)no1)c1ccc(OC)cc1. The highest BCUT2D eigenvalue weighted by molar-refractivity contribution is 5.76. The molecular formula is C22H25N3O4. The van der Waals surface area contributed by atoms with Gasteiger partial charge in [-0.2, -0.15) is 4.98 Å². The molecule has 152 valence electrons. The first-order valence-electron chi connectivity index (χ1n) is 9.53. The minimum Gasteiger partial charge on any atom is -0.497 e. The molecule has 0 unspecified atom stereocenters. The van der Waals surface area contributed by atoms with Crippen LogP contribution in [-0.4, -0.2) is 30.3 Å². The van der Waals surface area contributed by atoms with E-state index < -0.39 is 0 Å². The van der Waals surface area contributed by atoms with Gasteiger partial charge in [0.15, 0.2) is 0 Å². The first-order valence-corrected chi connectivity index (χ1v) is 9.53. The number of benzene rings is 2. The zero-order chi connectivity index (χ0) is 20.6. The van der Waals surface area contributed by atoms with Crippen LogP contribution in [0.2, 0.25) is 0 Å². The fourth-order valence-electron chi connectivity index (χ4n) is 2.96. The molecule has 0 fully saturated rings. The van der Waals surface area contributed by atoms with Crippen molar-refractivity contribution >= 4 is 5.91 Å². The van der Waals surface area contributed by atoms with E-state index in [1.807, 2.05) is 55.5 Å². The van der Waals surface area contributed by atoms with Crippen molar-refractivity contribution in [3.8, 4) is 22.9 Å². The largest absolute Gasteiger partial charge is 0.497 e. The van der Waals surface area contributed by atoms with Crippen molar-refractivity contribution in [2.75, 3.05) is 14.2 Å². The van der Waals surface area contributed by atoms with Gasteiger partial charge in [0.2, 0.25) is 17.6 Å². The highest BCUT2D eigenvalue weighted by Gasteiger charge is 2.15. The predicted octanol–water partition coefficient (Wildman–Crippen LogP) is 3.95. The van der Waals surface area contributed by atoms with E-state index in [-0.39, 0.29) is 18.4 Å². The average Bonchev–Trinajstić information content (AvgIpc) is 3.25. The Balaban J connectivity index is 1.55. The molecule has 0 aliphatic heterocycles. The first-order chi connectivity index (χ1) is 14.1. The van der Waals surface area contributed by atoms with Crippen molar-refractivity contribution < 1.29 is 18.8 Å². The van der Waals surface area contributed by atoms with Gasteiger partial charge >= 0.3 is 0 Å². The van der Waals surface area contributed by atoms with Gasteiger partial charge in [-0.15, -0.1) is 0 Å². The van der Waals surface area contributed by atoms with Gasteiger partial charge < -0.3 is 19.3 Å². The molecule has 7 nitrogen and oxygen atoms in total. The van der Waals surface area contributed by atoms with Gasteiger partial charge in [-0.3, -0.25) is 4.79 Å². The molecule has 0 aliphatic rings. The number of methoxy groups -OCH3 is 2. The van der Waals surface area contributed by atoms with Crippen LogP contribution < -0.4 is 14.8 Å². The first kappa shape index (κ1) is 20.4. The Kier molecular flexibility index (Phi) is 6.84. The summed E-state index contributed by atoms with van der Waals surface area (Å²) in [6.07, 6.45) is 1.45. The number of hydrogen-bond donors (Lipinski definition) is 1. The van der Waals surface area contributed by atoms with Crippen LogP contribution in [0.15, 0.2) is 53.1 Å². The minimum atomic E-state index is -0.0585. The van der Waals surface area contributed by atoms with Crippen LogP contribution in [0.3, 0.4) is 0 Å². The van der Waals surface area contributed by atoms with Crippen molar-refractivity contribution in [1.82, 2.24) is 15.5 Å². The summed E-state index contributed by atoms with van der Waals surface area (Å²) in [6, 6.07) is 15.1. The monoisotopic (exact) mass is 395 g/mol. The van der Waals surface area contributed by atoms with Crippen LogP contribution in [0.25, 0.3) is 11.4 Å². The number of nitrogens with zero attached hydrogens (tertiary/aromatic N) is 2. The Morgan fingerprint density at radius 2 is 1.66 bits per heavy atom. The van der Waals surface area contributed by atoms with Crippen LogP contribution in [0, 0.1) is 0 Å². The van der Waals surface area contributed by atoms with Gasteiger partial charge in [0.05, 0.1) is 20.3 Å². The summed E-state index contributed by atoms with van der Waals surface area (Å²) in [6.45, 7) is 2.04. The summed E-state index contributed by atoms with van der Waals surface area (Å²) in [5.41, 5.74) is 1.87. The van der Waals surface area contributed by atoms with Crippen molar-refractivity contribution in [3.05, 3.63) is 60.0 Å². The predicted molar refractivity (Wildman–Crippen MR) is 109 cm³/mol. The van der Waals surface area contributed by atoms with E-state index in [0.29, 0.717) is 18.1 Å². The summed E-state index contributed by atoms with van der Waals surface area (Å²) < 4.78 is 15.6. The lowest BCUT2D eigenvalue weighted by Gasteiger charge is -2.17. The summed E-state index contributed by atoms with van der Waals surface area (Å²) >= 11 is 0. The van der Waals surface area contributed by atoms with Gasteiger partial charge in [0, 0.05) is 18.4 Å². The zero-order valence-corrected chi connectivity index (χ0v) is 16.8. The van der Waals surface area contributed by atoms with Crippen molar-refractivity contribution in [1.29, 1.82) is 0 Å². The van der Waals surface area contributed by atoms with Crippen LogP contribution >= 0.6 is 0 Å². The van der Waals surface area contributed by atoms with Crippen LogP contribution in [0.5, 0.6) is 11.5 Å². The molecule has 2 aromatic carbocycles. The van der Waals surface area contributed by atoms with Gasteiger partial charge in [-0.05, 0) is 48.4 Å². The standard InChI is InChI=1S/C22H25N3O4/c1-4-19(15-5-9-17(27-2)10-6-15)23-20(26)13-14-21-24-22(25-29-21)16-7-11-18(28-3)12-8-16/h5-12,19H,4,13-14H2,1-3H3,(H,23,26)/t19-/m0/s1. The second-order valence-electron chi connectivity index (χ2n) is 6.54. The fourth-order valence-corrected chi connectivity index (χ4v) is 2.96. The molecule has 0 bridgehead atoms. The number of amides is 1. The number of ether oxygens (including phenoxy) is 2. The Bertz CT molecular complexity index is 920. The Morgan fingerprint density at radius 1 is 1.03 bits per heavy atom. The third-order valence-electron chi connectivity index (χ3n) is 4.64. The van der Waals surface area contributed by atoms with E-state index >= 15 is 0 Å². The molecular weight excluding hydrogens is 370 g/mol. The molecule has 3 rings (SSSR count). The maximum atomic E-state index is 12.4. The normalized spacial score (nSPS) is 11.7. The number of aromatic nitrogens is 2. The lowest BCUT2D eigenvalue weighted by Crippen LogP contribution is -2.28. The van der Waals surface area contributed by atoms with Crippen molar-refractivity contribution in [3.63, 3.8) is 0 Å². The highest BCUT2D eigenvalue weighted by Crippen LogP contribution is 2.21. The number of nitrogens with one attached hydrogen (secondary N) is 1. The van der Waals surface area contributed by atoms with E-state index in [4.69, 9.17) is 14.0 Å². The molecule has 1 atom stereocenters. The number of carbonyl (C=O) groups is 1. The fraction of sp³-hybridized carbons (Fsp3) is 0.318. The molecule has 29 heavy (non-hydrogen) atoms. The summed E-state index contributed by atoms with van der Waals surface area (Å²) in [4.78, 5) is 16.8. The minimum absolute atomic E-state index is 0.0500. The molecule has 1 amide bonds. The number of aryl methyl sites for hydroxylation is 1. The van der Waals surface area contributed by atoms with E-state index in [1.54, 1.807) is 14.2 Å². The van der Waals surface area contributed by atoms with Gasteiger partial charge in [-0.25, -0.2) is 0 Å². The van der Waals surface area contributed by atoms with E-state index in [2.05, 4.69) is 15.5 Å². The summed E-state index contributed by atoms with van der Waals surface area (Å²) in [7, 11) is 3.25. The molecule has 1 heterocycles. The Hall–Kier alpha value is -3.35. The Morgan fingerprint density at radius 3 is 2.24 bits per heavy atom. The molecule has 7 heteroatoms. The third-order valence-corrected chi connectivity index (χ3v) is 4.64. The van der Waals surface area contributed by atoms with E-state index in [9.17, 15) is 4.79 Å². The second-order valence-corrected chi connectivity index (χ2v) is 6.54. The van der Waals surface area contributed by atoms with Crippen LogP contribution in [-0.2, 0) is 11.2 Å². The van der Waals surface area contributed by atoms with Crippen molar-refractivity contribution in [2.24, 2.45) is 0 Å². The maximum absolute atomic E-state index is 12.4. The van der Waals surface area contributed by atoms with Crippen molar-refractivity contribution in [2.45, 2.75) is 32.2 Å². The molecule has 0 radical (unpaired) electrons. The van der Waals surface area contributed by atoms with E-state index in [1.165, 1.54) is 0 Å². The molecule has 0 spiro atoms. The van der Waals surface area contributed by atoms with Crippen LogP contribution in [0.4, 0.5) is 0 Å². The summed E-state index contributed by atoms with van der Waals surface area (Å²) in [5, 5.41) is 7.05. The maximum Gasteiger partial charge on any atom is 0.227 e. The third kappa shape index (κ3) is 5.34. The highest BCUT2D eigenvalue weighted by atomic mass is 16.5. The lowest BCUT2D eigenvalue weighted by atomic mass is 10.0. The molecule has 0 saturated carbocycles. The zero-order valence-electron chi connectivity index (χ0n) is 16.8. The molecule has 0 saturated heterocycles. The average molecular weight is 395 g/mol. The smallest absolute Gasteiger partial charge is 0.227 e. The molecule has 0 aliphatic carbocycles. The second kappa shape index (κ2) is 9.73. The lowest BCUT2D eigenvalue weighted by molar-refractivity contribution is -0.121. The number of rotatable bonds is 9. The molecule has 1 aromatic heterocycles. The molecule has 1 N–H and O–H groups in total. The van der Waals surface area contributed by atoms with Gasteiger partial charge in [0.1, 0.15) is 11.5 Å². The van der Waals surface area contributed by atoms with Crippen LogP contribution in [0.1, 0.15) is 37.3 Å². The summed E-state index contributed by atoms with van der Waals surface area (Å²) in [5.74, 6) is 2.42. The number of hydrogen-bond acceptors (Lipinski definition) is 6. The Labute approximate surface area is 170 Å². The van der Waals surface area contributed by atoms with E-state index in [0.717, 1.165) is 29.0 Å². The quantitative estimate of drug-likeness (QED) is 0.590. The number of carbonyl (C=O) groups excluding carboxylic acids is 1. The topological polar surface area (TPSA) is 86.5 Å². The molecule has 3 aromatic rings.